The Kier molecular flexibility index (Phi) is 5.44. The zero-order valence-corrected chi connectivity index (χ0v) is 23.1. The average Bonchev–Trinajstić information content (AvgIpc) is 3.62. The van der Waals surface area contributed by atoms with Crippen molar-refractivity contribution in [3.05, 3.63) is 132 Å². The third-order valence-corrected chi connectivity index (χ3v) is 9.13. The van der Waals surface area contributed by atoms with Crippen molar-refractivity contribution in [2.75, 3.05) is 0 Å². The van der Waals surface area contributed by atoms with Gasteiger partial charge in [0.15, 0.2) is 0 Å². The molecule has 3 nitrogen and oxygen atoms in total. The first-order valence-corrected chi connectivity index (χ1v) is 14.4. The maximum atomic E-state index is 10.7. The normalized spacial score (nSPS) is 11.3. The van der Waals surface area contributed by atoms with Crippen LogP contribution < -0.4 is 0 Å². The largest absolute Gasteiger partial charge is 0.456 e. The number of para-hydroxylation sites is 1. The maximum Gasteiger partial charge on any atom is 0.136 e. The Morgan fingerprint density at radius 1 is 0.500 bits per heavy atom. The molecule has 0 saturated carbocycles. The second-order valence-electron chi connectivity index (χ2n) is 10.3. The zero-order chi connectivity index (χ0) is 28.2. The number of nitrogens with zero attached hydrogens (tertiary/aromatic N) is 2. The molecule has 6 aromatic carbocycles. The van der Waals surface area contributed by atoms with E-state index in [1.54, 1.807) is 11.3 Å². The van der Waals surface area contributed by atoms with Gasteiger partial charge in [0.2, 0.25) is 0 Å². The summed E-state index contributed by atoms with van der Waals surface area (Å²) >= 11 is 1.76. The summed E-state index contributed by atoms with van der Waals surface area (Å²) in [5.74, 6) is 0. The Balaban J connectivity index is 1.47. The van der Waals surface area contributed by atoms with E-state index in [1.807, 2.05) is 54.6 Å². The Morgan fingerprint density at radius 2 is 1.21 bits per heavy atom. The molecule has 0 aliphatic heterocycles. The minimum Gasteiger partial charge on any atom is -0.456 e. The van der Waals surface area contributed by atoms with Crippen molar-refractivity contribution in [3.8, 4) is 45.5 Å². The Hall–Kier alpha value is -5.68. The molecule has 42 heavy (non-hydrogen) atoms. The molecule has 0 N–H and O–H groups in total. The van der Waals surface area contributed by atoms with Gasteiger partial charge < -0.3 is 4.42 Å². The molecule has 0 bridgehead atoms. The molecule has 0 aliphatic rings. The summed E-state index contributed by atoms with van der Waals surface area (Å²) in [6, 6.07) is 45.5. The molecule has 194 valence electrons. The molecule has 0 unspecified atom stereocenters. The number of hydrogen-bond donors (Lipinski definition) is 0. The van der Waals surface area contributed by atoms with Crippen molar-refractivity contribution in [1.82, 2.24) is 0 Å². The van der Waals surface area contributed by atoms with Crippen LogP contribution in [0.5, 0.6) is 0 Å². The number of hydrogen-bond acceptors (Lipinski definition) is 4. The fraction of sp³-hybridized carbons (Fsp3) is 0. The van der Waals surface area contributed by atoms with E-state index in [2.05, 4.69) is 78.9 Å². The van der Waals surface area contributed by atoms with Gasteiger partial charge in [0.25, 0.3) is 0 Å². The highest BCUT2D eigenvalue weighted by Crippen LogP contribution is 2.44. The molecule has 0 amide bonds. The van der Waals surface area contributed by atoms with E-state index >= 15 is 0 Å². The number of benzene rings is 6. The fourth-order valence-corrected chi connectivity index (χ4v) is 7.22. The Labute approximate surface area is 245 Å². The first-order valence-electron chi connectivity index (χ1n) is 13.6. The van der Waals surface area contributed by atoms with Crippen LogP contribution in [0.25, 0.3) is 75.5 Å². The van der Waals surface area contributed by atoms with Gasteiger partial charge in [-0.05, 0) is 70.8 Å². The van der Waals surface area contributed by atoms with Crippen LogP contribution >= 0.6 is 11.3 Å². The van der Waals surface area contributed by atoms with Gasteiger partial charge in [-0.2, -0.15) is 10.5 Å². The summed E-state index contributed by atoms with van der Waals surface area (Å²) in [4.78, 5) is 0. The lowest BCUT2D eigenvalue weighted by molar-refractivity contribution is 0.669. The van der Waals surface area contributed by atoms with Crippen LogP contribution in [0.4, 0.5) is 0 Å². The van der Waals surface area contributed by atoms with Gasteiger partial charge in [0.1, 0.15) is 17.2 Å². The molecule has 2 aromatic heterocycles. The van der Waals surface area contributed by atoms with E-state index in [4.69, 9.17) is 4.42 Å². The number of fused-ring (bicyclic) bond motifs is 6. The minimum absolute atomic E-state index is 0.589. The first-order chi connectivity index (χ1) is 20.7. The third-order valence-electron chi connectivity index (χ3n) is 7.99. The second kappa shape index (κ2) is 9.46. The Morgan fingerprint density at radius 3 is 2.10 bits per heavy atom. The number of thiophene rings is 1. The standard InChI is InChI=1S/C38H20N2OS/c39-21-24-8-1-2-9-26(24)25-18-31(23-16-17-28-27-10-3-5-13-34(27)41-35(28)20-23)33(22-40)32(19-25)29-12-7-15-37-38(29)30-11-4-6-14-36(30)42-37/h1-20H. The summed E-state index contributed by atoms with van der Waals surface area (Å²) in [6.45, 7) is 0. The smallest absolute Gasteiger partial charge is 0.136 e. The van der Waals surface area contributed by atoms with E-state index < -0.39 is 0 Å². The predicted octanol–water partition coefficient (Wildman–Crippen LogP) is 10.7. The van der Waals surface area contributed by atoms with E-state index in [9.17, 15) is 10.5 Å². The third kappa shape index (κ3) is 3.64. The highest BCUT2D eigenvalue weighted by molar-refractivity contribution is 7.25. The first kappa shape index (κ1) is 24.1. The minimum atomic E-state index is 0.589. The second-order valence-corrected chi connectivity index (χ2v) is 11.4. The lowest BCUT2D eigenvalue weighted by Crippen LogP contribution is -1.94. The summed E-state index contributed by atoms with van der Waals surface area (Å²) in [5.41, 5.74) is 8.04. The topological polar surface area (TPSA) is 60.7 Å². The molecule has 8 rings (SSSR count). The predicted molar refractivity (Wildman–Crippen MR) is 172 cm³/mol. The summed E-state index contributed by atoms with van der Waals surface area (Å²) < 4.78 is 8.61. The van der Waals surface area contributed by atoms with Crippen molar-refractivity contribution in [1.29, 1.82) is 10.5 Å². The van der Waals surface area contributed by atoms with Gasteiger partial charge >= 0.3 is 0 Å². The summed E-state index contributed by atoms with van der Waals surface area (Å²) in [7, 11) is 0. The summed E-state index contributed by atoms with van der Waals surface area (Å²) in [5, 5.41) is 25.1. The van der Waals surface area contributed by atoms with Crippen molar-refractivity contribution >= 4 is 53.4 Å². The number of rotatable bonds is 3. The molecule has 8 aromatic rings. The molecule has 0 aliphatic carbocycles. The van der Waals surface area contributed by atoms with Crippen molar-refractivity contribution in [3.63, 3.8) is 0 Å². The van der Waals surface area contributed by atoms with Gasteiger partial charge in [-0.15, -0.1) is 11.3 Å². The highest BCUT2D eigenvalue weighted by atomic mass is 32.1. The number of furan rings is 1. The van der Waals surface area contributed by atoms with E-state index in [-0.39, 0.29) is 0 Å². The number of nitriles is 2. The lowest BCUT2D eigenvalue weighted by atomic mass is 9.86. The van der Waals surface area contributed by atoms with Crippen LogP contribution in [-0.2, 0) is 0 Å². The molecule has 0 radical (unpaired) electrons. The van der Waals surface area contributed by atoms with Crippen LogP contribution in [0.3, 0.4) is 0 Å². The van der Waals surface area contributed by atoms with Crippen molar-refractivity contribution < 1.29 is 4.42 Å². The maximum absolute atomic E-state index is 10.7. The molecular formula is C38H20N2OS. The van der Waals surface area contributed by atoms with Gasteiger partial charge in [-0.3, -0.25) is 0 Å². The van der Waals surface area contributed by atoms with Gasteiger partial charge in [0, 0.05) is 42.1 Å². The van der Waals surface area contributed by atoms with E-state index in [0.717, 1.165) is 60.7 Å². The fourth-order valence-electron chi connectivity index (χ4n) is 6.08. The van der Waals surface area contributed by atoms with Gasteiger partial charge in [-0.1, -0.05) is 72.8 Å². The molecular weight excluding hydrogens is 532 g/mol. The van der Waals surface area contributed by atoms with Crippen LogP contribution in [0.1, 0.15) is 11.1 Å². The van der Waals surface area contributed by atoms with Crippen molar-refractivity contribution in [2.45, 2.75) is 0 Å². The summed E-state index contributed by atoms with van der Waals surface area (Å²) in [6.07, 6.45) is 0. The monoisotopic (exact) mass is 552 g/mol. The highest BCUT2D eigenvalue weighted by Gasteiger charge is 2.20. The van der Waals surface area contributed by atoms with Crippen molar-refractivity contribution in [2.24, 2.45) is 0 Å². The zero-order valence-electron chi connectivity index (χ0n) is 22.3. The molecule has 0 fully saturated rings. The molecule has 2 heterocycles. The molecule has 4 heteroatoms. The SMILES string of the molecule is N#Cc1ccccc1-c1cc(-c2ccc3c(c2)oc2ccccc23)c(C#N)c(-c2cccc3sc4ccccc4c23)c1. The van der Waals surface area contributed by atoms with Crippen LogP contribution in [-0.4, -0.2) is 0 Å². The lowest BCUT2D eigenvalue weighted by Gasteiger charge is -2.16. The molecule has 0 spiro atoms. The van der Waals surface area contributed by atoms with Crippen LogP contribution in [0.15, 0.2) is 126 Å². The molecule has 0 atom stereocenters. The Bertz CT molecular complexity index is 2450. The molecule has 0 saturated heterocycles. The average molecular weight is 553 g/mol. The van der Waals surface area contributed by atoms with Crippen LogP contribution in [0, 0.1) is 22.7 Å². The van der Waals surface area contributed by atoms with Gasteiger partial charge in [-0.25, -0.2) is 0 Å². The van der Waals surface area contributed by atoms with Crippen LogP contribution in [0.2, 0.25) is 0 Å². The van der Waals surface area contributed by atoms with E-state index in [0.29, 0.717) is 11.1 Å². The quantitative estimate of drug-likeness (QED) is 0.219. The van der Waals surface area contributed by atoms with E-state index in [1.165, 1.54) is 14.8 Å². The van der Waals surface area contributed by atoms with Gasteiger partial charge in [0.05, 0.1) is 17.2 Å².